The van der Waals surface area contributed by atoms with E-state index in [2.05, 4.69) is 35.8 Å². The molecular weight excluding hydrogens is 1420 g/mol. The summed E-state index contributed by atoms with van der Waals surface area (Å²) in [5.41, 5.74) is 1.95. The van der Waals surface area contributed by atoms with Gasteiger partial charge in [-0.05, 0) is 72.0 Å². The minimum absolute atomic E-state index is 0.0434. The fourth-order valence-corrected chi connectivity index (χ4v) is 13.4. The van der Waals surface area contributed by atoms with E-state index in [4.69, 9.17) is 39.7 Å². The number of aromatic nitrogens is 2. The molecule has 2 fully saturated rings. The van der Waals surface area contributed by atoms with Crippen molar-refractivity contribution in [1.82, 2.24) is 40.4 Å². The molecule has 32 heteroatoms. The van der Waals surface area contributed by atoms with E-state index >= 15 is 0 Å². The van der Waals surface area contributed by atoms with Crippen molar-refractivity contribution in [3.8, 4) is 28.7 Å². The Labute approximate surface area is 633 Å². The first-order valence-electron chi connectivity index (χ1n) is 36.6. The number of anilines is 2. The van der Waals surface area contributed by atoms with Gasteiger partial charge in [0, 0.05) is 163 Å². The summed E-state index contributed by atoms with van der Waals surface area (Å²) >= 11 is 0. The summed E-state index contributed by atoms with van der Waals surface area (Å²) in [6.45, 7) is 26.3. The van der Waals surface area contributed by atoms with E-state index in [1.54, 1.807) is 61.6 Å². The molecule has 598 valence electrons. The van der Waals surface area contributed by atoms with Crippen LogP contribution in [0.1, 0.15) is 130 Å². The number of likely N-dealkylation sites (N-methyl/N-ethyl adjacent to an activating group) is 2. The van der Waals surface area contributed by atoms with Gasteiger partial charge in [0.1, 0.15) is 41.2 Å². The molecule has 0 radical (unpaired) electrons. The Balaban J connectivity index is 0.000000266. The van der Waals surface area contributed by atoms with Crippen LogP contribution in [0.5, 0.6) is 28.7 Å². The number of nitrogens with zero attached hydrogens (tertiary/aromatic N) is 7. The number of nitrogens with two attached hydrogens (primary N) is 1. The Morgan fingerprint density at radius 2 is 1.45 bits per heavy atom. The first kappa shape index (κ1) is 86.9. The number of pyridine rings is 2. The van der Waals surface area contributed by atoms with Gasteiger partial charge in [0.15, 0.2) is 17.3 Å². The average Bonchev–Trinajstić information content (AvgIpc) is 1.64. The van der Waals surface area contributed by atoms with Crippen molar-refractivity contribution < 1.29 is 92.9 Å². The average molecular weight is 1530 g/mol. The molecule has 14 N–H and O–H groups in total. The standard InChI is InChI=1S/C43H58N4O12.C18H20FN3O4.C10H24N2O2.C6H7N3O/c1-21-12-11-13-22(2)42(55)45-33-28(20-44-47-17-15-46(9)16-18-47)37(52)30-31(38(33)53)36(51)26(6)40-32(30)41(54)43(8,59-40)57-19-14-29(56-10)23(3)39(58-27(7)48)25(5)35(50)24(4)34(21)49;1-10-9-26-17-14-11(16(23)12(18(24)25)8-22(10)14)7-13(19)15(17)21-5-3-20(2)4-6-21;1-3-9(7-13)11-5-6-12-10(4-2)8-14;7-9-6(10)5-1-3-8-4-2-5/h11-14,19-21,23-25,29,34-35,39,49-53H,15-18H2,1-10H3,(H,45,55);7-8,10H,3-6,9H2,1-2H3,(H,24,25);9-14H,3-8H2,1-2H3;1-4H,7H2,(H,9,10)/b12-11+,19-14+,22-13-,44-20-;;;/t21-,23-,24-,25+,29+,34-,35+,39-,43+;10-;9-,10-;/m100./s1. The highest BCUT2D eigenvalue weighted by Crippen LogP contribution is 2.55. The number of allylic oxidation sites excluding steroid dienone is 2. The number of phenolic OH excluding ortho intramolecular Hbond substituents is 3. The van der Waals surface area contributed by atoms with Crippen LogP contribution in [0.4, 0.5) is 15.8 Å². The number of methoxy groups -OCH3 is 1. The molecule has 12 atom stereocenters. The molecule has 0 aliphatic carbocycles. The second kappa shape index (κ2) is 39.3. The van der Waals surface area contributed by atoms with E-state index in [1.807, 2.05) is 45.2 Å². The quantitative estimate of drug-likeness (QED) is 0.00874. The van der Waals surface area contributed by atoms with E-state index in [9.17, 15) is 63.8 Å². The maximum atomic E-state index is 15.0. The highest BCUT2D eigenvalue weighted by molar-refractivity contribution is 6.24. The maximum absolute atomic E-state index is 15.0. The number of hydrogen-bond acceptors (Lipinski definition) is 27. The van der Waals surface area contributed by atoms with Gasteiger partial charge in [-0.1, -0.05) is 59.8 Å². The summed E-state index contributed by atoms with van der Waals surface area (Å²) in [5.74, 6) is -5.30. The highest BCUT2D eigenvalue weighted by atomic mass is 19.1. The summed E-state index contributed by atoms with van der Waals surface area (Å²) < 4.78 is 46.2. The second-order valence-corrected chi connectivity index (χ2v) is 28.3. The lowest BCUT2D eigenvalue weighted by molar-refractivity contribution is -0.160. The third kappa shape index (κ3) is 20.6. The number of benzene rings is 3. The van der Waals surface area contributed by atoms with E-state index < -0.39 is 106 Å². The van der Waals surface area contributed by atoms with Gasteiger partial charge in [-0.2, -0.15) is 5.10 Å². The van der Waals surface area contributed by atoms with Crippen molar-refractivity contribution in [2.45, 2.75) is 137 Å². The van der Waals surface area contributed by atoms with Gasteiger partial charge in [-0.15, -0.1) is 0 Å². The van der Waals surface area contributed by atoms with E-state index in [0.717, 1.165) is 58.2 Å². The number of nitrogen functional groups attached to an aromatic ring is 1. The van der Waals surface area contributed by atoms with Crippen molar-refractivity contribution in [2.75, 3.05) is 117 Å². The molecule has 2 amide bonds. The number of carboxylic acids is 1. The number of piperazine rings is 2. The van der Waals surface area contributed by atoms with Gasteiger partial charge in [0.2, 0.25) is 5.43 Å². The topological polar surface area (TPSA) is 428 Å². The van der Waals surface area contributed by atoms with Gasteiger partial charge in [-0.25, -0.2) is 15.0 Å². The van der Waals surface area contributed by atoms with Gasteiger partial charge < -0.3 is 99.8 Å². The Bertz CT molecular complexity index is 4180. The number of hydrazine groups is 1. The van der Waals surface area contributed by atoms with Crippen LogP contribution >= 0.6 is 0 Å². The lowest BCUT2D eigenvalue weighted by atomic mass is 9.78. The number of Topliss-reactive ketones (excluding diaryl/α,β-unsaturated/α-hetero) is 1. The number of amides is 2. The highest BCUT2D eigenvalue weighted by Gasteiger charge is 2.50. The zero-order chi connectivity index (χ0) is 80.5. The molecule has 11 rings (SSSR count). The Hall–Kier alpha value is -9.35. The fraction of sp³-hybridized carbons (Fsp3) is 0.532. The third-order valence-corrected chi connectivity index (χ3v) is 20.5. The molecule has 5 aromatic rings. The predicted molar refractivity (Wildman–Crippen MR) is 410 cm³/mol. The Morgan fingerprint density at radius 1 is 0.844 bits per heavy atom. The number of aromatic carboxylic acids is 1. The zero-order valence-electron chi connectivity index (χ0n) is 64.5. The largest absolute Gasteiger partial charge is 0.507 e. The summed E-state index contributed by atoms with van der Waals surface area (Å²) in [6, 6.07) is 4.57. The number of halogens is 1. The van der Waals surface area contributed by atoms with Gasteiger partial charge in [0.25, 0.3) is 17.6 Å². The number of aromatic hydroxyl groups is 3. The number of aliphatic hydroxyl groups is 4. The number of carbonyl (C=O) groups excluding carboxylic acids is 4. The first-order valence-corrected chi connectivity index (χ1v) is 36.6. The van der Waals surface area contributed by atoms with Crippen LogP contribution in [0.3, 0.4) is 0 Å². The molecule has 109 heavy (non-hydrogen) atoms. The normalized spacial score (nSPS) is 25.0. The van der Waals surface area contributed by atoms with Crippen LogP contribution < -0.4 is 47.0 Å². The molecular formula is C77H109FN12O19. The van der Waals surface area contributed by atoms with Gasteiger partial charge in [0.05, 0.1) is 83.1 Å². The molecule has 31 nitrogen and oxygen atoms in total. The van der Waals surface area contributed by atoms with Crippen molar-refractivity contribution in [3.05, 3.63) is 117 Å². The molecule has 5 bridgehead atoms. The third-order valence-electron chi connectivity index (χ3n) is 20.5. The van der Waals surface area contributed by atoms with Crippen LogP contribution in [-0.4, -0.2) is 250 Å². The van der Waals surface area contributed by atoms with Gasteiger partial charge >= 0.3 is 17.7 Å². The maximum Gasteiger partial charge on any atom is 0.341 e. The molecule has 0 unspecified atom stereocenters. The number of aliphatic hydroxyl groups excluding tert-OH is 4. The van der Waals surface area contributed by atoms with E-state index in [1.165, 1.54) is 78.0 Å². The van der Waals surface area contributed by atoms with Crippen LogP contribution in [-0.2, 0) is 23.8 Å². The van der Waals surface area contributed by atoms with Crippen molar-refractivity contribution >= 4 is 68.8 Å². The second-order valence-electron chi connectivity index (χ2n) is 28.3. The van der Waals surface area contributed by atoms with E-state index in [0.29, 0.717) is 48.7 Å². The number of esters is 1. The van der Waals surface area contributed by atoms with Crippen LogP contribution in [0.25, 0.3) is 21.7 Å². The van der Waals surface area contributed by atoms with Crippen molar-refractivity contribution in [3.63, 3.8) is 0 Å². The van der Waals surface area contributed by atoms with Crippen LogP contribution in [0.15, 0.2) is 82.8 Å². The van der Waals surface area contributed by atoms with Crippen molar-refractivity contribution in [1.29, 1.82) is 0 Å². The van der Waals surface area contributed by atoms with Crippen LogP contribution in [0.2, 0.25) is 0 Å². The number of nitrogens with one attached hydrogen (secondary N) is 4. The molecule has 8 heterocycles. The molecule has 6 aliphatic rings. The van der Waals surface area contributed by atoms with Crippen LogP contribution in [0, 0.1) is 36.4 Å². The predicted octanol–water partition coefficient (Wildman–Crippen LogP) is 5.27. The SMILES string of the molecule is CC[C@@H](CO)NCCN[C@@H](CC)CO.CO[C@H]1/C=C/O[C@@]2(C)Oc3c(C)c(O)c4c(O)c(c(/C=N\N5CCN(C)CC5)c(O)c4c3C2=O)NC(=O)/C(C)=C\C=C\[C@@H](C)[C@@H](O)[C@@H](C)[C@H](O)[C@H](C)[C@H](OC(C)=O)[C@@H]1C.C[C@H]1COc2c(N3CCN(C)CC3)c(F)cc3c(=O)c(C(=O)O)cn1c23.NNC(=O)c1ccncc1. The van der Waals surface area contributed by atoms with E-state index in [-0.39, 0.29) is 99.3 Å². The van der Waals surface area contributed by atoms with Crippen molar-refractivity contribution in [2.24, 2.45) is 34.6 Å². The number of ketones is 1. The molecule has 6 aliphatic heterocycles. The number of carboxylic acid groups (broad SMARTS) is 1. The number of fused-ring (bicyclic) bond motifs is 14. The fourth-order valence-electron chi connectivity index (χ4n) is 13.4. The number of phenols is 3. The summed E-state index contributed by atoms with van der Waals surface area (Å²) in [7, 11) is 5.44. The molecule has 0 spiro atoms. The minimum Gasteiger partial charge on any atom is -0.507 e. The molecule has 2 aromatic heterocycles. The Morgan fingerprint density at radius 3 is 2.01 bits per heavy atom. The summed E-state index contributed by atoms with van der Waals surface area (Å²) in [6.07, 6.45) is 11.1. The molecule has 2 saturated heterocycles. The smallest absolute Gasteiger partial charge is 0.341 e. The minimum atomic E-state index is -2.04. The number of rotatable bonds is 16. The Kier molecular flexibility index (Phi) is 31.4. The summed E-state index contributed by atoms with van der Waals surface area (Å²) in [5, 5.41) is 100. The number of hydrogen-bond donors (Lipinski definition) is 13. The number of carbonyl (C=O) groups is 5. The number of ether oxygens (including phenoxy) is 5. The van der Waals surface area contributed by atoms with Gasteiger partial charge in [-0.3, -0.25) is 39.4 Å². The monoisotopic (exact) mass is 1520 g/mol. The molecule has 0 saturated carbocycles. The first-order chi connectivity index (χ1) is 51.7. The molecule has 3 aromatic carbocycles. The summed E-state index contributed by atoms with van der Waals surface area (Å²) in [4.78, 5) is 85.2. The lowest BCUT2D eigenvalue weighted by Crippen LogP contribution is -2.46. The number of hydrazone groups is 1. The lowest BCUT2D eigenvalue weighted by Gasteiger charge is -2.38. The zero-order valence-corrected chi connectivity index (χ0v) is 64.5.